The molecule has 0 spiro atoms. The Morgan fingerprint density at radius 3 is 2.38 bits per heavy atom. The van der Waals surface area contributed by atoms with Gasteiger partial charge in [-0.25, -0.2) is 4.68 Å². The van der Waals surface area contributed by atoms with Gasteiger partial charge in [0.1, 0.15) is 5.75 Å². The molecule has 2 aromatic carbocycles. The number of aryl methyl sites for hydroxylation is 1. The van der Waals surface area contributed by atoms with Crippen molar-refractivity contribution < 1.29 is 9.53 Å². The first-order valence-corrected chi connectivity index (χ1v) is 8.82. The van der Waals surface area contributed by atoms with Crippen molar-refractivity contribution in [3.63, 3.8) is 0 Å². The summed E-state index contributed by atoms with van der Waals surface area (Å²) >= 11 is 0. The number of benzene rings is 2. The van der Waals surface area contributed by atoms with Gasteiger partial charge in [-0.3, -0.25) is 4.79 Å². The Morgan fingerprint density at radius 1 is 1.08 bits per heavy atom. The van der Waals surface area contributed by atoms with Crippen LogP contribution in [0.2, 0.25) is 0 Å². The summed E-state index contributed by atoms with van der Waals surface area (Å²) in [5.74, 6) is 1.43. The molecule has 1 N–H and O–H groups in total. The topological polar surface area (TPSA) is 56.2 Å². The standard InChI is InChI=1S/C21H23N3O2/c1-3-22-20(25)15-14-19-16(2)23-24(17-10-6-4-7-11-17)21(19)26-18-12-8-5-9-13-18/h4-13H,3,14-15H2,1-2H3,(H,22,25). The highest BCUT2D eigenvalue weighted by Gasteiger charge is 2.19. The third-order valence-electron chi connectivity index (χ3n) is 4.07. The number of para-hydroxylation sites is 2. The van der Waals surface area contributed by atoms with Gasteiger partial charge in [0.25, 0.3) is 0 Å². The highest BCUT2D eigenvalue weighted by Crippen LogP contribution is 2.31. The van der Waals surface area contributed by atoms with Crippen molar-refractivity contribution in [3.8, 4) is 17.3 Å². The van der Waals surface area contributed by atoms with Crippen molar-refractivity contribution in [3.05, 3.63) is 71.9 Å². The highest BCUT2D eigenvalue weighted by molar-refractivity contribution is 5.76. The van der Waals surface area contributed by atoms with Crippen LogP contribution < -0.4 is 10.1 Å². The van der Waals surface area contributed by atoms with Crippen LogP contribution in [-0.2, 0) is 11.2 Å². The monoisotopic (exact) mass is 349 g/mol. The van der Waals surface area contributed by atoms with E-state index in [1.807, 2.05) is 74.5 Å². The van der Waals surface area contributed by atoms with Gasteiger partial charge in [-0.15, -0.1) is 0 Å². The SMILES string of the molecule is CCNC(=O)CCc1c(C)nn(-c2ccccc2)c1Oc1ccccc1. The Hall–Kier alpha value is -3.08. The number of ether oxygens (including phenoxy) is 1. The smallest absolute Gasteiger partial charge is 0.226 e. The zero-order chi connectivity index (χ0) is 18.4. The lowest BCUT2D eigenvalue weighted by Crippen LogP contribution is -2.22. The first-order chi connectivity index (χ1) is 12.7. The van der Waals surface area contributed by atoms with E-state index in [1.54, 1.807) is 4.68 Å². The largest absolute Gasteiger partial charge is 0.439 e. The fraction of sp³-hybridized carbons (Fsp3) is 0.238. The summed E-state index contributed by atoms with van der Waals surface area (Å²) < 4.78 is 7.98. The van der Waals surface area contributed by atoms with E-state index in [0.717, 1.165) is 22.7 Å². The van der Waals surface area contributed by atoms with E-state index in [9.17, 15) is 4.79 Å². The van der Waals surface area contributed by atoms with Crippen LogP contribution in [0.5, 0.6) is 11.6 Å². The van der Waals surface area contributed by atoms with Crippen LogP contribution in [0.4, 0.5) is 0 Å². The molecule has 3 rings (SSSR count). The van der Waals surface area contributed by atoms with Gasteiger partial charge in [0.05, 0.1) is 11.4 Å². The predicted octanol–water partition coefficient (Wildman–Crippen LogP) is 4.04. The molecular formula is C21H23N3O2. The lowest BCUT2D eigenvalue weighted by atomic mass is 10.1. The maximum atomic E-state index is 11.9. The predicted molar refractivity (Wildman–Crippen MR) is 102 cm³/mol. The van der Waals surface area contributed by atoms with Crippen LogP contribution in [0, 0.1) is 6.92 Å². The second-order valence-electron chi connectivity index (χ2n) is 5.99. The number of hydrogen-bond acceptors (Lipinski definition) is 3. The van der Waals surface area contributed by atoms with E-state index in [1.165, 1.54) is 0 Å². The Kier molecular flexibility index (Phi) is 5.69. The third-order valence-corrected chi connectivity index (χ3v) is 4.07. The lowest BCUT2D eigenvalue weighted by molar-refractivity contribution is -0.120. The fourth-order valence-electron chi connectivity index (χ4n) is 2.80. The summed E-state index contributed by atoms with van der Waals surface area (Å²) in [4.78, 5) is 11.9. The van der Waals surface area contributed by atoms with Crippen molar-refractivity contribution >= 4 is 5.91 Å². The number of amides is 1. The number of carbonyl (C=O) groups excluding carboxylic acids is 1. The lowest BCUT2D eigenvalue weighted by Gasteiger charge is -2.11. The Balaban J connectivity index is 1.97. The second-order valence-corrected chi connectivity index (χ2v) is 5.99. The Labute approximate surface area is 153 Å². The molecule has 0 fully saturated rings. The number of rotatable bonds is 7. The Morgan fingerprint density at radius 2 is 1.73 bits per heavy atom. The van der Waals surface area contributed by atoms with Crippen molar-refractivity contribution in [1.82, 2.24) is 15.1 Å². The molecule has 5 heteroatoms. The van der Waals surface area contributed by atoms with Gasteiger partial charge in [-0.05, 0) is 44.5 Å². The number of nitrogens with zero attached hydrogens (tertiary/aromatic N) is 2. The van der Waals surface area contributed by atoms with Crippen molar-refractivity contribution in [2.24, 2.45) is 0 Å². The molecule has 3 aromatic rings. The molecule has 134 valence electrons. The molecule has 0 atom stereocenters. The van der Waals surface area contributed by atoms with E-state index in [0.29, 0.717) is 25.3 Å². The summed E-state index contributed by atoms with van der Waals surface area (Å²) in [6.07, 6.45) is 0.979. The van der Waals surface area contributed by atoms with E-state index < -0.39 is 0 Å². The molecule has 0 aliphatic carbocycles. The summed E-state index contributed by atoms with van der Waals surface area (Å²) in [6, 6.07) is 19.5. The van der Waals surface area contributed by atoms with Gasteiger partial charge in [0.2, 0.25) is 11.8 Å². The molecule has 0 saturated heterocycles. The van der Waals surface area contributed by atoms with Crippen LogP contribution in [-0.4, -0.2) is 22.2 Å². The minimum Gasteiger partial charge on any atom is -0.439 e. The highest BCUT2D eigenvalue weighted by atomic mass is 16.5. The van der Waals surface area contributed by atoms with Gasteiger partial charge < -0.3 is 10.1 Å². The van der Waals surface area contributed by atoms with Crippen LogP contribution in [0.25, 0.3) is 5.69 Å². The molecule has 1 aromatic heterocycles. The summed E-state index contributed by atoms with van der Waals surface area (Å²) in [7, 11) is 0. The third kappa shape index (κ3) is 4.11. The summed E-state index contributed by atoms with van der Waals surface area (Å²) in [6.45, 7) is 4.50. The van der Waals surface area contributed by atoms with E-state index in [-0.39, 0.29) is 5.91 Å². The average molecular weight is 349 g/mol. The van der Waals surface area contributed by atoms with Crippen LogP contribution in [0.3, 0.4) is 0 Å². The van der Waals surface area contributed by atoms with E-state index >= 15 is 0 Å². The normalized spacial score (nSPS) is 10.5. The van der Waals surface area contributed by atoms with Crippen molar-refractivity contribution in [2.75, 3.05) is 6.54 Å². The first-order valence-electron chi connectivity index (χ1n) is 8.82. The molecule has 0 saturated carbocycles. The molecule has 1 amide bonds. The summed E-state index contributed by atoms with van der Waals surface area (Å²) in [5, 5.41) is 7.50. The van der Waals surface area contributed by atoms with Gasteiger partial charge in [0.15, 0.2) is 0 Å². The fourth-order valence-corrected chi connectivity index (χ4v) is 2.80. The summed E-state index contributed by atoms with van der Waals surface area (Å²) in [5.41, 5.74) is 2.74. The minimum atomic E-state index is 0.0324. The molecule has 0 unspecified atom stereocenters. The number of aromatic nitrogens is 2. The van der Waals surface area contributed by atoms with Gasteiger partial charge in [-0.2, -0.15) is 5.10 Å². The van der Waals surface area contributed by atoms with Crippen molar-refractivity contribution in [2.45, 2.75) is 26.7 Å². The van der Waals surface area contributed by atoms with Crippen LogP contribution in [0.1, 0.15) is 24.6 Å². The van der Waals surface area contributed by atoms with Crippen LogP contribution in [0.15, 0.2) is 60.7 Å². The quantitative estimate of drug-likeness (QED) is 0.700. The van der Waals surface area contributed by atoms with E-state index in [4.69, 9.17) is 4.74 Å². The maximum absolute atomic E-state index is 11.9. The van der Waals surface area contributed by atoms with Gasteiger partial charge in [-0.1, -0.05) is 36.4 Å². The molecule has 0 bridgehead atoms. The minimum absolute atomic E-state index is 0.0324. The molecule has 5 nitrogen and oxygen atoms in total. The van der Waals surface area contributed by atoms with Crippen LogP contribution >= 0.6 is 0 Å². The average Bonchev–Trinajstić information content (AvgIpc) is 2.97. The van der Waals surface area contributed by atoms with Gasteiger partial charge >= 0.3 is 0 Å². The zero-order valence-electron chi connectivity index (χ0n) is 15.1. The Bertz CT molecular complexity index is 858. The molecule has 0 radical (unpaired) electrons. The number of nitrogens with one attached hydrogen (secondary N) is 1. The first kappa shape index (κ1) is 17.7. The molecule has 0 aliphatic heterocycles. The molecule has 0 aliphatic rings. The molecule has 26 heavy (non-hydrogen) atoms. The van der Waals surface area contributed by atoms with E-state index in [2.05, 4.69) is 10.4 Å². The molecular weight excluding hydrogens is 326 g/mol. The zero-order valence-corrected chi connectivity index (χ0v) is 15.1. The van der Waals surface area contributed by atoms with Gasteiger partial charge in [0, 0.05) is 18.5 Å². The number of carbonyl (C=O) groups is 1. The van der Waals surface area contributed by atoms with Crippen molar-refractivity contribution in [1.29, 1.82) is 0 Å². The maximum Gasteiger partial charge on any atom is 0.226 e. The second kappa shape index (κ2) is 8.34. The molecule has 1 heterocycles. The number of hydrogen-bond donors (Lipinski definition) is 1.